The highest BCUT2D eigenvalue weighted by Gasteiger charge is 2.21. The van der Waals surface area contributed by atoms with E-state index in [9.17, 15) is 0 Å². The normalized spacial score (nSPS) is 12.3. The zero-order valence-corrected chi connectivity index (χ0v) is 27.8. The molecule has 0 amide bonds. The Hall–Kier alpha value is -6.47. The molecule has 0 aliphatic heterocycles. The molecule has 10 rings (SSSR count). The molecule has 0 saturated heterocycles. The van der Waals surface area contributed by atoms with E-state index in [4.69, 9.17) is 24.1 Å². The summed E-state index contributed by atoms with van der Waals surface area (Å²) in [6.45, 7) is 6.61. The first-order chi connectivity index (χ1) is 24.4. The van der Waals surface area contributed by atoms with E-state index >= 15 is 0 Å². The molecule has 0 bridgehead atoms. The zero-order chi connectivity index (χ0) is 33.6. The Morgan fingerprint density at radius 1 is 0.660 bits per heavy atom. The fourth-order valence-electron chi connectivity index (χ4n) is 7.20. The number of fused-ring (bicyclic) bond motifs is 10. The van der Waals surface area contributed by atoms with Crippen LogP contribution in [0.3, 0.4) is 0 Å². The number of nitrogens with zero attached hydrogens (tertiary/aromatic N) is 5. The smallest absolute Gasteiger partial charge is 0.214 e. The van der Waals surface area contributed by atoms with Crippen molar-refractivity contribution in [3.63, 3.8) is 0 Å². The van der Waals surface area contributed by atoms with Gasteiger partial charge in [0, 0.05) is 51.6 Å². The van der Waals surface area contributed by atoms with Crippen LogP contribution in [-0.4, -0.2) is 23.9 Å². The fourth-order valence-corrected chi connectivity index (χ4v) is 7.20. The van der Waals surface area contributed by atoms with Gasteiger partial charge < -0.3 is 9.15 Å². The number of ether oxygens (including phenoxy) is 1. The van der Waals surface area contributed by atoms with Gasteiger partial charge in [0.25, 0.3) is 0 Å². The Bertz CT molecular complexity index is 2930. The van der Waals surface area contributed by atoms with Gasteiger partial charge in [0.05, 0.1) is 27.8 Å². The summed E-state index contributed by atoms with van der Waals surface area (Å²) in [6, 6.07) is 41.2. The van der Waals surface area contributed by atoms with E-state index in [1.807, 2.05) is 67.0 Å². The van der Waals surface area contributed by atoms with E-state index in [0.29, 0.717) is 17.1 Å². The molecule has 0 unspecified atom stereocenters. The van der Waals surface area contributed by atoms with E-state index in [1.54, 1.807) is 0 Å². The minimum Gasteiger partial charge on any atom is -0.457 e. The molecular weight excluding hydrogens is 619 g/mol. The van der Waals surface area contributed by atoms with E-state index in [-0.39, 0.29) is 5.41 Å². The summed E-state index contributed by atoms with van der Waals surface area (Å²) in [4.78, 5) is 14.5. The minimum absolute atomic E-state index is 0.0149. The SMILES string of the molecule is CC(C)(C)c1ccc(-n2c3ccccc3c3ccc(Oc4cc(-c5ccccn5)c5c(c4)oc4c5ccc5nc6ccccc6n54)cc32)nc1. The molecular formula is C43H31N5O2. The monoisotopic (exact) mass is 649 g/mol. The Labute approximate surface area is 287 Å². The van der Waals surface area contributed by atoms with E-state index < -0.39 is 0 Å². The van der Waals surface area contributed by atoms with Gasteiger partial charge in [0.1, 0.15) is 28.5 Å². The second kappa shape index (κ2) is 10.5. The molecule has 7 nitrogen and oxygen atoms in total. The van der Waals surface area contributed by atoms with Crippen molar-refractivity contribution in [3.8, 4) is 28.6 Å². The van der Waals surface area contributed by atoms with Crippen molar-refractivity contribution in [2.75, 3.05) is 0 Å². The molecule has 0 N–H and O–H groups in total. The number of hydrogen-bond donors (Lipinski definition) is 0. The van der Waals surface area contributed by atoms with Crippen LogP contribution in [0.4, 0.5) is 0 Å². The Balaban J connectivity index is 1.16. The van der Waals surface area contributed by atoms with Crippen LogP contribution in [-0.2, 0) is 5.41 Å². The Morgan fingerprint density at radius 2 is 1.46 bits per heavy atom. The molecule has 4 aromatic carbocycles. The van der Waals surface area contributed by atoms with Crippen LogP contribution in [0.25, 0.3) is 77.6 Å². The van der Waals surface area contributed by atoms with Crippen LogP contribution in [0.1, 0.15) is 26.3 Å². The largest absolute Gasteiger partial charge is 0.457 e. The van der Waals surface area contributed by atoms with Crippen molar-refractivity contribution in [2.24, 2.45) is 0 Å². The van der Waals surface area contributed by atoms with Crippen molar-refractivity contribution in [2.45, 2.75) is 26.2 Å². The van der Waals surface area contributed by atoms with Crippen LogP contribution in [0.5, 0.6) is 11.5 Å². The number of pyridine rings is 3. The molecule has 0 aliphatic carbocycles. The van der Waals surface area contributed by atoms with E-state index in [2.05, 4.69) is 96.5 Å². The first-order valence-electron chi connectivity index (χ1n) is 16.8. The quantitative estimate of drug-likeness (QED) is 0.190. The third-order valence-corrected chi connectivity index (χ3v) is 9.64. The fraction of sp³-hybridized carbons (Fsp3) is 0.0930. The average Bonchev–Trinajstić information content (AvgIpc) is 3.80. The van der Waals surface area contributed by atoms with Gasteiger partial charge in [0.2, 0.25) is 5.71 Å². The average molecular weight is 650 g/mol. The second-order valence-electron chi connectivity index (χ2n) is 13.8. The third-order valence-electron chi connectivity index (χ3n) is 9.64. The van der Waals surface area contributed by atoms with Gasteiger partial charge >= 0.3 is 0 Å². The molecule has 0 aliphatic rings. The summed E-state index contributed by atoms with van der Waals surface area (Å²) in [6.07, 6.45) is 3.80. The van der Waals surface area contributed by atoms with Gasteiger partial charge in [-0.15, -0.1) is 0 Å². The molecule has 240 valence electrons. The standard InChI is InChI=1S/C43H31N5O2/c1-43(2,3)26-15-19-39(45-25-26)47-35-13-6-4-10-29(35)30-17-16-27(23-37(30)47)49-28-22-32(33-11-8-9-21-44-33)41-31-18-20-40-46-34-12-5-7-14-36(34)48(40)42(31)50-38(41)24-28/h4-25H,1-3H3. The predicted molar refractivity (Wildman–Crippen MR) is 201 cm³/mol. The molecule has 0 radical (unpaired) electrons. The van der Waals surface area contributed by atoms with Crippen molar-refractivity contribution in [1.29, 1.82) is 0 Å². The molecule has 6 aromatic heterocycles. The maximum Gasteiger partial charge on any atom is 0.214 e. The summed E-state index contributed by atoms with van der Waals surface area (Å²) < 4.78 is 17.7. The van der Waals surface area contributed by atoms with Crippen LogP contribution in [0.15, 0.2) is 138 Å². The zero-order valence-electron chi connectivity index (χ0n) is 27.8. The van der Waals surface area contributed by atoms with Crippen LogP contribution in [0.2, 0.25) is 0 Å². The lowest BCUT2D eigenvalue weighted by Crippen LogP contribution is -2.11. The highest BCUT2D eigenvalue weighted by Crippen LogP contribution is 2.42. The summed E-state index contributed by atoms with van der Waals surface area (Å²) >= 11 is 0. The molecule has 0 fully saturated rings. The first kappa shape index (κ1) is 28.5. The molecule has 50 heavy (non-hydrogen) atoms. The summed E-state index contributed by atoms with van der Waals surface area (Å²) in [7, 11) is 0. The molecule has 0 saturated carbocycles. The number of rotatable bonds is 4. The molecule has 0 spiro atoms. The third kappa shape index (κ3) is 4.33. The number of aromatic nitrogens is 5. The molecule has 7 heteroatoms. The summed E-state index contributed by atoms with van der Waals surface area (Å²) in [5.41, 5.74) is 9.27. The molecule has 0 atom stereocenters. The van der Waals surface area contributed by atoms with Gasteiger partial charge in [-0.05, 0) is 77.7 Å². The number of para-hydroxylation sites is 3. The van der Waals surface area contributed by atoms with Gasteiger partial charge in [0.15, 0.2) is 0 Å². The van der Waals surface area contributed by atoms with Gasteiger partial charge in [-0.2, -0.15) is 0 Å². The van der Waals surface area contributed by atoms with E-state index in [0.717, 1.165) is 72.0 Å². The molecule has 6 heterocycles. The van der Waals surface area contributed by atoms with Gasteiger partial charge in [-0.25, -0.2) is 9.97 Å². The van der Waals surface area contributed by atoms with Crippen molar-refractivity contribution >= 4 is 60.6 Å². The van der Waals surface area contributed by atoms with Crippen LogP contribution < -0.4 is 4.74 Å². The van der Waals surface area contributed by atoms with Crippen molar-refractivity contribution in [3.05, 3.63) is 139 Å². The van der Waals surface area contributed by atoms with Gasteiger partial charge in [-0.3, -0.25) is 14.0 Å². The predicted octanol–water partition coefficient (Wildman–Crippen LogP) is 11.0. The maximum atomic E-state index is 6.71. The minimum atomic E-state index is 0.0149. The summed E-state index contributed by atoms with van der Waals surface area (Å²) in [5.74, 6) is 2.22. The second-order valence-corrected chi connectivity index (χ2v) is 13.8. The Kier molecular flexibility index (Phi) is 6.00. The topological polar surface area (TPSA) is 70.4 Å². The summed E-state index contributed by atoms with van der Waals surface area (Å²) in [5, 5.41) is 4.26. The van der Waals surface area contributed by atoms with Gasteiger partial charge in [-0.1, -0.05) is 63.2 Å². The Morgan fingerprint density at radius 3 is 2.28 bits per heavy atom. The maximum absolute atomic E-state index is 6.71. The lowest BCUT2D eigenvalue weighted by Gasteiger charge is -2.19. The highest BCUT2D eigenvalue weighted by atomic mass is 16.5. The molecule has 10 aromatic rings. The highest BCUT2D eigenvalue weighted by molar-refractivity contribution is 6.13. The number of furan rings is 1. The lowest BCUT2D eigenvalue weighted by atomic mass is 9.88. The first-order valence-corrected chi connectivity index (χ1v) is 16.8. The number of hydrogen-bond acceptors (Lipinski definition) is 5. The van der Waals surface area contributed by atoms with Crippen LogP contribution in [0, 0.1) is 0 Å². The number of benzene rings is 4. The number of imidazole rings is 1. The van der Waals surface area contributed by atoms with Crippen molar-refractivity contribution in [1.82, 2.24) is 23.9 Å². The van der Waals surface area contributed by atoms with E-state index in [1.165, 1.54) is 5.56 Å². The van der Waals surface area contributed by atoms with Crippen molar-refractivity contribution < 1.29 is 9.15 Å². The lowest BCUT2D eigenvalue weighted by molar-refractivity contribution is 0.483. The van der Waals surface area contributed by atoms with Crippen LogP contribution >= 0.6 is 0 Å².